The zero-order valence-corrected chi connectivity index (χ0v) is 6.51. The predicted molar refractivity (Wildman–Crippen MR) is 27.2 cm³/mol. The van der Waals surface area contributed by atoms with Gasteiger partial charge in [-0.25, -0.2) is 0 Å². The first-order valence-corrected chi connectivity index (χ1v) is 2.70. The van der Waals surface area contributed by atoms with E-state index in [4.69, 9.17) is 5.73 Å². The van der Waals surface area contributed by atoms with Crippen LogP contribution in [-0.2, 0) is 26.1 Å². The Balaban J connectivity index is 0. The van der Waals surface area contributed by atoms with Crippen LogP contribution in [0.15, 0.2) is 0 Å². The number of aliphatic carboxylic acids is 2. The molecule has 0 heterocycles. The maximum Gasteiger partial charge on any atom is 2.00 e. The number of nitrogens with two attached hydrogens (primary N) is 1. The molecule has 0 fully saturated rings. The molecular weight excluding hydrogens is 197 g/mol. The monoisotopic (exact) mass is 203 g/mol. The van der Waals surface area contributed by atoms with Crippen molar-refractivity contribution in [3.8, 4) is 0 Å². The second-order valence-corrected chi connectivity index (χ2v) is 1.84. The minimum absolute atomic E-state index is 0. The number of carboxylic acid groups (broad SMARTS) is 2. The molecule has 66 valence electrons. The Morgan fingerprint density at radius 2 is 1.82 bits per heavy atom. The molecule has 6 heteroatoms. The largest absolute Gasteiger partial charge is 2.00 e. The molecule has 0 aromatic carbocycles. The van der Waals surface area contributed by atoms with Gasteiger partial charge < -0.3 is 25.5 Å². The van der Waals surface area contributed by atoms with Gasteiger partial charge in [-0.1, -0.05) is 0 Å². The molecule has 0 aromatic rings. The number of rotatable bonds is 4. The van der Waals surface area contributed by atoms with Crippen molar-refractivity contribution in [3.05, 3.63) is 0 Å². The summed E-state index contributed by atoms with van der Waals surface area (Å²) >= 11 is 0. The van der Waals surface area contributed by atoms with Crippen LogP contribution < -0.4 is 15.9 Å². The fraction of sp³-hybridized carbons (Fsp3) is 0.600. The molecule has 0 aliphatic rings. The van der Waals surface area contributed by atoms with E-state index in [1.807, 2.05) is 0 Å². The topological polar surface area (TPSA) is 106 Å². The Kier molecular flexibility index (Phi) is 7.25. The normalized spacial score (nSPS) is 11.4. The van der Waals surface area contributed by atoms with Crippen molar-refractivity contribution in [1.82, 2.24) is 0 Å². The summed E-state index contributed by atoms with van der Waals surface area (Å²) in [5.74, 6) is -2.75. The maximum absolute atomic E-state index is 9.86. The summed E-state index contributed by atoms with van der Waals surface area (Å²) in [5.41, 5.74) is 4.91. The molecule has 0 saturated carbocycles. The van der Waals surface area contributed by atoms with Crippen LogP contribution in [0.4, 0.5) is 0 Å². The minimum atomic E-state index is -1.44. The third-order valence-electron chi connectivity index (χ3n) is 0.962. The van der Waals surface area contributed by atoms with Crippen molar-refractivity contribution in [3.63, 3.8) is 0 Å². The molecule has 0 amide bonds. The van der Waals surface area contributed by atoms with E-state index in [-0.39, 0.29) is 29.3 Å². The fourth-order valence-electron chi connectivity index (χ4n) is 0.391. The van der Waals surface area contributed by atoms with Gasteiger partial charge in [0.15, 0.2) is 0 Å². The van der Waals surface area contributed by atoms with Crippen LogP contribution >= 0.6 is 0 Å². The second kappa shape index (κ2) is 6.13. The van der Waals surface area contributed by atoms with E-state index < -0.39 is 18.0 Å². The summed E-state index contributed by atoms with van der Waals surface area (Å²) in [6.07, 6.45) is -0.500. The molecule has 0 spiro atoms. The van der Waals surface area contributed by atoms with Crippen LogP contribution in [0.1, 0.15) is 12.8 Å². The quantitative estimate of drug-likeness (QED) is 0.480. The second-order valence-electron chi connectivity index (χ2n) is 1.84. The molecule has 11 heavy (non-hydrogen) atoms. The first-order chi connectivity index (χ1) is 4.54. The average Bonchev–Trinajstić information content (AvgIpc) is 1.82. The van der Waals surface area contributed by atoms with Crippen molar-refractivity contribution in [2.45, 2.75) is 18.9 Å². The Morgan fingerprint density at radius 1 is 1.36 bits per heavy atom. The Morgan fingerprint density at radius 3 is 2.09 bits per heavy atom. The van der Waals surface area contributed by atoms with Gasteiger partial charge in [-0.05, 0) is 12.8 Å². The molecule has 0 bridgehead atoms. The zero-order chi connectivity index (χ0) is 8.15. The molecule has 0 unspecified atom stereocenters. The Bertz CT molecular complexity index is 149. The summed E-state index contributed by atoms with van der Waals surface area (Å²) in [6, 6.07) is -1.21. The van der Waals surface area contributed by atoms with E-state index in [0.29, 0.717) is 0 Å². The molecule has 2 N–H and O–H groups in total. The SMILES string of the molecule is N[C@@H](CCC(=O)[O-])C(=O)[O-].[Ni+2]. The first-order valence-electron chi connectivity index (χ1n) is 2.70. The van der Waals surface area contributed by atoms with Gasteiger partial charge in [0, 0.05) is 12.0 Å². The third kappa shape index (κ3) is 7.29. The summed E-state index contributed by atoms with van der Waals surface area (Å²) in [5, 5.41) is 19.6. The number of carbonyl (C=O) groups excluding carboxylic acids is 2. The van der Waals surface area contributed by atoms with Crippen molar-refractivity contribution in [2.75, 3.05) is 0 Å². The molecule has 0 rings (SSSR count). The van der Waals surface area contributed by atoms with Gasteiger partial charge in [-0.15, -0.1) is 0 Å². The van der Waals surface area contributed by atoms with E-state index in [0.717, 1.165) is 0 Å². The van der Waals surface area contributed by atoms with Crippen LogP contribution in [0, 0.1) is 0 Å². The van der Waals surface area contributed by atoms with Crippen molar-refractivity contribution in [2.24, 2.45) is 5.73 Å². The van der Waals surface area contributed by atoms with Crippen LogP contribution in [-0.4, -0.2) is 18.0 Å². The Labute approximate surface area is 73.5 Å². The zero-order valence-electron chi connectivity index (χ0n) is 5.52. The molecular formula is C5H7NNiO4. The molecule has 0 aliphatic heterocycles. The summed E-state index contributed by atoms with van der Waals surface area (Å²) in [4.78, 5) is 19.6. The standard InChI is InChI=1S/C5H9NO4.Ni/c6-3(5(9)10)1-2-4(7)8;/h3H,1-2,6H2,(H,7,8)(H,9,10);/q;+2/p-2/t3-;/m0./s1. The fourth-order valence-corrected chi connectivity index (χ4v) is 0.391. The molecule has 1 atom stereocenters. The molecule has 5 nitrogen and oxygen atoms in total. The molecule has 0 aromatic heterocycles. The van der Waals surface area contributed by atoms with Gasteiger partial charge in [0.05, 0.1) is 5.97 Å². The van der Waals surface area contributed by atoms with Crippen molar-refractivity contribution >= 4 is 11.9 Å². The van der Waals surface area contributed by atoms with E-state index >= 15 is 0 Å². The number of carbonyl (C=O) groups is 2. The minimum Gasteiger partial charge on any atom is -0.550 e. The first kappa shape index (κ1) is 13.0. The van der Waals surface area contributed by atoms with E-state index in [1.54, 1.807) is 0 Å². The van der Waals surface area contributed by atoms with Crippen LogP contribution in [0.5, 0.6) is 0 Å². The van der Waals surface area contributed by atoms with Gasteiger partial charge in [0.25, 0.3) is 0 Å². The van der Waals surface area contributed by atoms with E-state index in [9.17, 15) is 19.8 Å². The van der Waals surface area contributed by atoms with Crippen LogP contribution in [0.2, 0.25) is 0 Å². The van der Waals surface area contributed by atoms with Gasteiger partial charge in [-0.2, -0.15) is 0 Å². The molecule has 0 saturated heterocycles. The smallest absolute Gasteiger partial charge is 0.550 e. The van der Waals surface area contributed by atoms with Gasteiger partial charge in [0.1, 0.15) is 0 Å². The summed E-state index contributed by atoms with van der Waals surface area (Å²) in [6.45, 7) is 0. The van der Waals surface area contributed by atoms with Gasteiger partial charge in [0.2, 0.25) is 0 Å². The van der Waals surface area contributed by atoms with Crippen molar-refractivity contribution in [1.29, 1.82) is 0 Å². The Hall–Kier alpha value is -0.606. The number of hydrogen-bond donors (Lipinski definition) is 1. The molecule has 0 radical (unpaired) electrons. The number of hydrogen-bond acceptors (Lipinski definition) is 5. The van der Waals surface area contributed by atoms with Gasteiger partial charge in [-0.3, -0.25) is 0 Å². The van der Waals surface area contributed by atoms with E-state index in [2.05, 4.69) is 0 Å². The van der Waals surface area contributed by atoms with Crippen LogP contribution in [0.3, 0.4) is 0 Å². The van der Waals surface area contributed by atoms with Gasteiger partial charge >= 0.3 is 16.5 Å². The average molecular weight is 204 g/mol. The summed E-state index contributed by atoms with van der Waals surface area (Å²) in [7, 11) is 0. The summed E-state index contributed by atoms with van der Waals surface area (Å²) < 4.78 is 0. The number of carboxylic acids is 2. The third-order valence-corrected chi connectivity index (χ3v) is 0.962. The van der Waals surface area contributed by atoms with Crippen LogP contribution in [0.25, 0.3) is 0 Å². The maximum atomic E-state index is 9.86. The van der Waals surface area contributed by atoms with Crippen molar-refractivity contribution < 1.29 is 36.3 Å². The molecule has 0 aliphatic carbocycles. The predicted octanol–water partition coefficient (Wildman–Crippen LogP) is -3.41. The van der Waals surface area contributed by atoms with E-state index in [1.165, 1.54) is 0 Å².